The van der Waals surface area contributed by atoms with Gasteiger partial charge >= 0.3 is 0 Å². The van der Waals surface area contributed by atoms with Gasteiger partial charge in [0, 0.05) is 12.5 Å². The van der Waals surface area contributed by atoms with Crippen LogP contribution in [0.2, 0.25) is 0 Å². The first-order valence-corrected chi connectivity index (χ1v) is 7.26. The third-order valence-corrected chi connectivity index (χ3v) is 5.70. The molecule has 1 aromatic carbocycles. The van der Waals surface area contributed by atoms with Crippen LogP contribution in [0.3, 0.4) is 0 Å². The van der Waals surface area contributed by atoms with Gasteiger partial charge in [-0.05, 0) is 67.2 Å². The predicted molar refractivity (Wildman–Crippen MR) is 69.9 cm³/mol. The Labute approximate surface area is 108 Å². The maximum absolute atomic E-state index is 13.5. The third-order valence-electron chi connectivity index (χ3n) is 5.70. The van der Waals surface area contributed by atoms with Gasteiger partial charge in [0.1, 0.15) is 5.82 Å². The van der Waals surface area contributed by atoms with E-state index < -0.39 is 0 Å². The molecule has 1 aliphatic heterocycles. The zero-order valence-corrected chi connectivity index (χ0v) is 10.7. The van der Waals surface area contributed by atoms with Gasteiger partial charge in [0.2, 0.25) is 0 Å². The second kappa shape index (κ2) is 3.80. The highest BCUT2D eigenvalue weighted by Crippen LogP contribution is 2.68. The molecule has 2 heteroatoms. The average Bonchev–Trinajstić information content (AvgIpc) is 3.10. The summed E-state index contributed by atoms with van der Waals surface area (Å²) >= 11 is 0. The molecule has 96 valence electrons. The fourth-order valence-corrected chi connectivity index (χ4v) is 4.77. The van der Waals surface area contributed by atoms with Gasteiger partial charge in [-0.25, -0.2) is 4.39 Å². The molecular formula is C16H20FN. The van der Waals surface area contributed by atoms with Crippen molar-refractivity contribution in [3.63, 3.8) is 0 Å². The Balaban J connectivity index is 1.73. The van der Waals surface area contributed by atoms with Crippen LogP contribution in [0, 0.1) is 23.1 Å². The Hall–Kier alpha value is -0.890. The molecule has 1 saturated heterocycles. The summed E-state index contributed by atoms with van der Waals surface area (Å²) in [6.45, 7) is 2.18. The van der Waals surface area contributed by atoms with Crippen molar-refractivity contribution in [3.05, 3.63) is 35.6 Å². The zero-order chi connectivity index (χ0) is 12.2. The lowest BCUT2D eigenvalue weighted by Crippen LogP contribution is -2.44. The fraction of sp³-hybridized carbons (Fsp3) is 0.625. The number of hydrogen-bond acceptors (Lipinski definition) is 1. The van der Waals surface area contributed by atoms with E-state index >= 15 is 0 Å². The number of nitrogens with one attached hydrogen (secondary N) is 1. The molecule has 2 saturated carbocycles. The summed E-state index contributed by atoms with van der Waals surface area (Å²) in [5, 5.41) is 3.52. The number of rotatable bonds is 1. The molecule has 4 atom stereocenters. The van der Waals surface area contributed by atoms with Crippen molar-refractivity contribution in [2.45, 2.75) is 31.6 Å². The van der Waals surface area contributed by atoms with Crippen LogP contribution in [0.4, 0.5) is 4.39 Å². The van der Waals surface area contributed by atoms with Gasteiger partial charge in [0.15, 0.2) is 0 Å². The molecule has 2 aliphatic carbocycles. The maximum atomic E-state index is 13.5. The van der Waals surface area contributed by atoms with E-state index in [4.69, 9.17) is 0 Å². The summed E-state index contributed by atoms with van der Waals surface area (Å²) in [7, 11) is 0. The first-order valence-electron chi connectivity index (χ1n) is 7.26. The van der Waals surface area contributed by atoms with E-state index in [1.807, 2.05) is 6.07 Å². The average molecular weight is 245 g/mol. The predicted octanol–water partition coefficient (Wildman–Crippen LogP) is 3.32. The molecule has 4 rings (SSSR count). The Morgan fingerprint density at radius 2 is 2.22 bits per heavy atom. The molecule has 1 heterocycles. The first kappa shape index (κ1) is 11.0. The van der Waals surface area contributed by atoms with Crippen molar-refractivity contribution in [2.24, 2.45) is 17.3 Å². The Morgan fingerprint density at radius 3 is 2.94 bits per heavy atom. The van der Waals surface area contributed by atoms with Crippen molar-refractivity contribution in [1.29, 1.82) is 0 Å². The molecule has 0 bridgehead atoms. The molecule has 0 aromatic heterocycles. The van der Waals surface area contributed by atoms with E-state index in [2.05, 4.69) is 11.4 Å². The van der Waals surface area contributed by atoms with Crippen molar-refractivity contribution < 1.29 is 4.39 Å². The number of fused-ring (bicyclic) bond motifs is 2. The smallest absolute Gasteiger partial charge is 0.123 e. The van der Waals surface area contributed by atoms with E-state index in [1.165, 1.54) is 31.2 Å². The number of halogens is 1. The van der Waals surface area contributed by atoms with Gasteiger partial charge in [-0.1, -0.05) is 12.1 Å². The SMILES string of the molecule is Fc1cccc(C2CNCCC23CCC2CC23)c1. The highest BCUT2D eigenvalue weighted by molar-refractivity contribution is 5.28. The molecule has 0 radical (unpaired) electrons. The Kier molecular flexibility index (Phi) is 2.32. The Bertz CT molecular complexity index is 472. The van der Waals surface area contributed by atoms with Crippen LogP contribution in [0.5, 0.6) is 0 Å². The number of piperidine rings is 1. The molecule has 1 nitrogen and oxygen atoms in total. The summed E-state index contributed by atoms with van der Waals surface area (Å²) in [6, 6.07) is 7.31. The molecule has 1 spiro atoms. The van der Waals surface area contributed by atoms with Crippen LogP contribution in [0.15, 0.2) is 24.3 Å². The lowest BCUT2D eigenvalue weighted by Gasteiger charge is -2.44. The normalized spacial score (nSPS) is 41.9. The molecule has 0 amide bonds. The summed E-state index contributed by atoms with van der Waals surface area (Å²) < 4.78 is 13.5. The maximum Gasteiger partial charge on any atom is 0.123 e. The molecule has 3 aliphatic rings. The second-order valence-corrected chi connectivity index (χ2v) is 6.44. The van der Waals surface area contributed by atoms with Crippen LogP contribution in [0.1, 0.15) is 37.2 Å². The van der Waals surface area contributed by atoms with Crippen LogP contribution in [-0.4, -0.2) is 13.1 Å². The largest absolute Gasteiger partial charge is 0.316 e. The van der Waals surface area contributed by atoms with E-state index in [9.17, 15) is 4.39 Å². The third kappa shape index (κ3) is 1.48. The van der Waals surface area contributed by atoms with Crippen molar-refractivity contribution in [1.82, 2.24) is 5.32 Å². The van der Waals surface area contributed by atoms with Gasteiger partial charge in [-0.3, -0.25) is 0 Å². The lowest BCUT2D eigenvalue weighted by atomic mass is 9.64. The summed E-state index contributed by atoms with van der Waals surface area (Å²) in [4.78, 5) is 0. The van der Waals surface area contributed by atoms with E-state index in [0.717, 1.165) is 24.9 Å². The number of benzene rings is 1. The van der Waals surface area contributed by atoms with Crippen molar-refractivity contribution >= 4 is 0 Å². The van der Waals surface area contributed by atoms with Gasteiger partial charge < -0.3 is 5.32 Å². The van der Waals surface area contributed by atoms with Gasteiger partial charge in [-0.2, -0.15) is 0 Å². The standard InChI is InChI=1S/C16H20FN/c17-13-3-1-2-11(8-13)15-10-18-7-6-16(15)5-4-12-9-14(12)16/h1-3,8,12,14-15,18H,4-7,9-10H2. The minimum absolute atomic E-state index is 0.0847. The van der Waals surface area contributed by atoms with Crippen LogP contribution >= 0.6 is 0 Å². The molecule has 1 N–H and O–H groups in total. The monoisotopic (exact) mass is 245 g/mol. The topological polar surface area (TPSA) is 12.0 Å². The molecule has 1 aromatic rings. The van der Waals surface area contributed by atoms with Crippen molar-refractivity contribution in [2.75, 3.05) is 13.1 Å². The van der Waals surface area contributed by atoms with E-state index in [-0.39, 0.29) is 5.82 Å². The summed E-state index contributed by atoms with van der Waals surface area (Å²) in [5.41, 5.74) is 1.71. The molecular weight excluding hydrogens is 225 g/mol. The minimum atomic E-state index is -0.0847. The van der Waals surface area contributed by atoms with Crippen LogP contribution in [-0.2, 0) is 0 Å². The Morgan fingerprint density at radius 1 is 1.28 bits per heavy atom. The fourth-order valence-electron chi connectivity index (χ4n) is 4.77. The van der Waals surface area contributed by atoms with Crippen LogP contribution < -0.4 is 5.32 Å². The van der Waals surface area contributed by atoms with E-state index in [0.29, 0.717) is 11.3 Å². The van der Waals surface area contributed by atoms with Gasteiger partial charge in [0.25, 0.3) is 0 Å². The highest BCUT2D eigenvalue weighted by Gasteiger charge is 2.60. The van der Waals surface area contributed by atoms with Gasteiger partial charge in [0.05, 0.1) is 0 Å². The van der Waals surface area contributed by atoms with E-state index in [1.54, 1.807) is 12.1 Å². The number of hydrogen-bond donors (Lipinski definition) is 1. The quantitative estimate of drug-likeness (QED) is 0.800. The van der Waals surface area contributed by atoms with Crippen molar-refractivity contribution in [3.8, 4) is 0 Å². The molecule has 18 heavy (non-hydrogen) atoms. The first-order chi connectivity index (χ1) is 8.79. The summed E-state index contributed by atoms with van der Waals surface area (Å²) in [5.74, 6) is 2.38. The second-order valence-electron chi connectivity index (χ2n) is 6.44. The minimum Gasteiger partial charge on any atom is -0.316 e. The summed E-state index contributed by atoms with van der Waals surface area (Å²) in [6.07, 6.45) is 5.50. The van der Waals surface area contributed by atoms with Crippen LogP contribution in [0.25, 0.3) is 0 Å². The lowest BCUT2D eigenvalue weighted by molar-refractivity contribution is 0.138. The molecule has 3 fully saturated rings. The van der Waals surface area contributed by atoms with Gasteiger partial charge in [-0.15, -0.1) is 0 Å². The molecule has 4 unspecified atom stereocenters. The highest BCUT2D eigenvalue weighted by atomic mass is 19.1. The zero-order valence-electron chi connectivity index (χ0n) is 10.7.